The van der Waals surface area contributed by atoms with Gasteiger partial charge in [-0.1, -0.05) is 6.07 Å². The molecule has 5 N–H and O–H groups in total. The van der Waals surface area contributed by atoms with Gasteiger partial charge in [0.05, 0.1) is 38.2 Å². The number of carbonyl (C=O) groups is 2. The molecular formula is C26H32N4O8. The number of hydrogen-bond donors (Lipinski definition) is 5. The number of carbonyl (C=O) groups excluding carboxylic acids is 2. The third-order valence-corrected chi connectivity index (χ3v) is 5.39. The Bertz CT molecular complexity index is 1210. The zero-order valence-electron chi connectivity index (χ0n) is 21.6. The van der Waals surface area contributed by atoms with Crippen LogP contribution in [0.15, 0.2) is 52.8 Å². The molecule has 3 rings (SSSR count). The van der Waals surface area contributed by atoms with Crippen LogP contribution in [-0.2, 0) is 9.53 Å². The monoisotopic (exact) mass is 528 g/mol. The molecule has 0 saturated carbocycles. The Labute approximate surface area is 220 Å². The van der Waals surface area contributed by atoms with E-state index in [1.54, 1.807) is 44.2 Å². The van der Waals surface area contributed by atoms with Crippen LogP contribution >= 0.6 is 0 Å². The summed E-state index contributed by atoms with van der Waals surface area (Å²) in [4.78, 5) is 24.4. The first-order chi connectivity index (χ1) is 18.3. The Morgan fingerprint density at radius 3 is 2.55 bits per heavy atom. The highest BCUT2D eigenvalue weighted by Gasteiger charge is 2.32. The fourth-order valence-corrected chi connectivity index (χ4v) is 3.70. The van der Waals surface area contributed by atoms with E-state index in [-0.39, 0.29) is 17.9 Å². The van der Waals surface area contributed by atoms with Crippen molar-refractivity contribution in [3.63, 3.8) is 0 Å². The zero-order valence-corrected chi connectivity index (χ0v) is 21.6. The van der Waals surface area contributed by atoms with Gasteiger partial charge in [0.1, 0.15) is 6.61 Å². The van der Waals surface area contributed by atoms with Crippen LogP contribution in [0.25, 0.3) is 0 Å². The van der Waals surface area contributed by atoms with E-state index < -0.39 is 24.3 Å². The molecule has 0 saturated heterocycles. The maximum absolute atomic E-state index is 12.4. The summed E-state index contributed by atoms with van der Waals surface area (Å²) in [5, 5.41) is 29.3. The number of ether oxygens (including phenoxy) is 4. The number of phenolic OH excluding ortho intramolecular Hbond substituents is 1. The highest BCUT2D eigenvalue weighted by Crippen LogP contribution is 2.35. The van der Waals surface area contributed by atoms with Gasteiger partial charge in [-0.15, -0.1) is 0 Å². The molecule has 2 amide bonds. The number of aliphatic hydroxyl groups is 1. The molecule has 0 radical (unpaired) electrons. The van der Waals surface area contributed by atoms with Gasteiger partial charge in [0, 0.05) is 5.70 Å². The quantitative estimate of drug-likeness (QED) is 0.121. The number of esters is 1. The molecule has 12 nitrogen and oxygen atoms in total. The topological polar surface area (TPSA) is 160 Å². The van der Waals surface area contributed by atoms with Crippen molar-refractivity contribution in [2.45, 2.75) is 33.0 Å². The second-order valence-corrected chi connectivity index (χ2v) is 8.08. The molecule has 38 heavy (non-hydrogen) atoms. The molecule has 2 atom stereocenters. The van der Waals surface area contributed by atoms with E-state index >= 15 is 0 Å². The summed E-state index contributed by atoms with van der Waals surface area (Å²) in [5.41, 5.74) is 4.45. The Kier molecular flexibility index (Phi) is 9.77. The Morgan fingerprint density at radius 2 is 1.84 bits per heavy atom. The molecule has 1 aliphatic heterocycles. The van der Waals surface area contributed by atoms with E-state index in [4.69, 9.17) is 18.9 Å². The standard InChI is InChI=1S/C26H32N4O8/c1-5-36-20-11-16(7-9-18(20)31)13-27-30-22(32)14-38-19-10-8-17(12-21(19)37-6-2)24-23(25(33)35-4)15(3)28-26(34)29-24/h7-13,22,24,30-32H,5-6,14H2,1-4H3,(H2,28,29,34)/b27-13-/t22-,24+/m0/s1. The van der Waals surface area contributed by atoms with Crippen molar-refractivity contribution in [3.8, 4) is 23.0 Å². The predicted octanol–water partition coefficient (Wildman–Crippen LogP) is 2.31. The van der Waals surface area contributed by atoms with E-state index in [0.717, 1.165) is 0 Å². The summed E-state index contributed by atoms with van der Waals surface area (Å²) in [6.07, 6.45) is 0.317. The molecule has 2 aromatic rings. The van der Waals surface area contributed by atoms with Gasteiger partial charge >= 0.3 is 12.0 Å². The molecule has 0 unspecified atom stereocenters. The van der Waals surface area contributed by atoms with Crippen molar-refractivity contribution in [1.82, 2.24) is 16.1 Å². The van der Waals surface area contributed by atoms with Crippen LogP contribution in [0.5, 0.6) is 23.0 Å². The average molecular weight is 529 g/mol. The van der Waals surface area contributed by atoms with Gasteiger partial charge in [-0.2, -0.15) is 5.10 Å². The third kappa shape index (κ3) is 7.07. The minimum atomic E-state index is -1.15. The fraction of sp³-hybridized carbons (Fsp3) is 0.346. The maximum atomic E-state index is 12.4. The van der Waals surface area contributed by atoms with Crippen molar-refractivity contribution in [1.29, 1.82) is 0 Å². The average Bonchev–Trinajstić information content (AvgIpc) is 2.89. The largest absolute Gasteiger partial charge is 0.504 e. The highest BCUT2D eigenvalue weighted by atomic mass is 16.5. The number of hydrogen-bond acceptors (Lipinski definition) is 10. The van der Waals surface area contributed by atoms with Crippen LogP contribution < -0.4 is 30.3 Å². The van der Waals surface area contributed by atoms with Gasteiger partial charge in [-0.3, -0.25) is 5.43 Å². The number of nitrogens with one attached hydrogen (secondary N) is 3. The lowest BCUT2D eigenvalue weighted by atomic mass is 9.95. The lowest BCUT2D eigenvalue weighted by molar-refractivity contribution is -0.136. The van der Waals surface area contributed by atoms with E-state index in [0.29, 0.717) is 47.3 Å². The summed E-state index contributed by atoms with van der Waals surface area (Å²) in [7, 11) is 1.27. The van der Waals surface area contributed by atoms with Crippen LogP contribution in [0, 0.1) is 0 Å². The second-order valence-electron chi connectivity index (χ2n) is 8.08. The minimum absolute atomic E-state index is 0.0247. The molecule has 0 bridgehead atoms. The third-order valence-electron chi connectivity index (χ3n) is 5.39. The molecule has 0 fully saturated rings. The molecule has 0 aliphatic carbocycles. The molecular weight excluding hydrogens is 496 g/mol. The molecule has 2 aromatic carbocycles. The minimum Gasteiger partial charge on any atom is -0.504 e. The van der Waals surface area contributed by atoms with Crippen molar-refractivity contribution in [3.05, 3.63) is 58.8 Å². The van der Waals surface area contributed by atoms with Gasteiger partial charge in [-0.25, -0.2) is 9.59 Å². The number of urea groups is 1. The van der Waals surface area contributed by atoms with Crippen LogP contribution in [-0.4, -0.2) is 61.6 Å². The van der Waals surface area contributed by atoms with Crippen molar-refractivity contribution < 1.29 is 38.7 Å². The number of aliphatic hydroxyl groups excluding tert-OH is 1. The summed E-state index contributed by atoms with van der Waals surface area (Å²) < 4.78 is 21.7. The predicted molar refractivity (Wildman–Crippen MR) is 138 cm³/mol. The normalized spacial score (nSPS) is 15.9. The molecule has 0 spiro atoms. The van der Waals surface area contributed by atoms with Crippen LogP contribution in [0.3, 0.4) is 0 Å². The van der Waals surface area contributed by atoms with Crippen molar-refractivity contribution in [2.75, 3.05) is 26.9 Å². The molecule has 204 valence electrons. The van der Waals surface area contributed by atoms with Gasteiger partial charge in [0.15, 0.2) is 29.2 Å². The number of rotatable bonds is 12. The number of benzene rings is 2. The van der Waals surface area contributed by atoms with Gasteiger partial charge in [0.25, 0.3) is 0 Å². The lowest BCUT2D eigenvalue weighted by Crippen LogP contribution is -2.45. The Morgan fingerprint density at radius 1 is 1.11 bits per heavy atom. The maximum Gasteiger partial charge on any atom is 0.337 e. The first-order valence-electron chi connectivity index (χ1n) is 12.0. The smallest absolute Gasteiger partial charge is 0.337 e. The molecule has 1 heterocycles. The zero-order chi connectivity index (χ0) is 27.7. The van der Waals surface area contributed by atoms with Crippen molar-refractivity contribution in [2.24, 2.45) is 5.10 Å². The van der Waals surface area contributed by atoms with E-state index in [1.807, 2.05) is 6.92 Å². The second kappa shape index (κ2) is 13.2. The van der Waals surface area contributed by atoms with Crippen molar-refractivity contribution >= 4 is 18.2 Å². The summed E-state index contributed by atoms with van der Waals surface area (Å²) >= 11 is 0. The Balaban J connectivity index is 1.68. The first-order valence-corrected chi connectivity index (χ1v) is 12.0. The number of allylic oxidation sites excluding steroid dienone is 1. The molecule has 12 heteroatoms. The van der Waals surface area contributed by atoms with Crippen LogP contribution in [0.2, 0.25) is 0 Å². The molecule has 1 aliphatic rings. The van der Waals surface area contributed by atoms with E-state index in [2.05, 4.69) is 21.2 Å². The number of phenols is 1. The summed E-state index contributed by atoms with van der Waals surface area (Å²) in [5.74, 6) is 0.496. The fourth-order valence-electron chi connectivity index (χ4n) is 3.70. The lowest BCUT2D eigenvalue weighted by Gasteiger charge is -2.28. The number of hydrazone groups is 1. The van der Waals surface area contributed by atoms with Gasteiger partial charge < -0.3 is 39.8 Å². The van der Waals surface area contributed by atoms with Gasteiger partial charge in [-0.05, 0) is 62.2 Å². The molecule has 0 aromatic heterocycles. The van der Waals surface area contributed by atoms with E-state index in [1.165, 1.54) is 19.4 Å². The van der Waals surface area contributed by atoms with Gasteiger partial charge in [0.2, 0.25) is 0 Å². The highest BCUT2D eigenvalue weighted by molar-refractivity contribution is 5.95. The van der Waals surface area contributed by atoms with E-state index in [9.17, 15) is 19.8 Å². The summed E-state index contributed by atoms with van der Waals surface area (Å²) in [6.45, 7) is 5.81. The number of amides is 2. The van der Waals surface area contributed by atoms with Crippen LogP contribution in [0.1, 0.15) is 37.9 Å². The summed E-state index contributed by atoms with van der Waals surface area (Å²) in [6, 6.07) is 8.52. The SMILES string of the molecule is CCOc1cc(/C=N\N[C@@H](O)COc2ccc([C@H]3NC(=O)NC(C)=C3C(=O)OC)cc2OCC)ccc1O. The first kappa shape index (κ1) is 28.1. The number of nitrogens with zero attached hydrogens (tertiary/aromatic N) is 1. The number of methoxy groups -OCH3 is 1. The Hall–Kier alpha value is -4.45. The number of aromatic hydroxyl groups is 1. The van der Waals surface area contributed by atoms with Crippen LogP contribution in [0.4, 0.5) is 4.79 Å².